The molecule has 0 bridgehead atoms. The molecule has 0 aromatic carbocycles. The third-order valence-electron chi connectivity index (χ3n) is 12.3. The van der Waals surface area contributed by atoms with Gasteiger partial charge in [0.15, 0.2) is 12.4 Å². The molecule has 370 valence electrons. The van der Waals surface area contributed by atoms with Gasteiger partial charge in [-0.2, -0.15) is 0 Å². The average Bonchev–Trinajstić information content (AvgIpc) is 3.28. The molecule has 0 aromatic heterocycles. The number of unbranched alkanes of at least 4 members (excludes halogenated alkanes) is 30. The molecule has 1 aliphatic heterocycles. The summed E-state index contributed by atoms with van der Waals surface area (Å²) in [5.74, 6) is -0.802. The maximum absolute atomic E-state index is 12.8. The van der Waals surface area contributed by atoms with Gasteiger partial charge in [0, 0.05) is 12.8 Å². The molecule has 4 N–H and O–H groups in total. The Morgan fingerprint density at radius 3 is 1.35 bits per heavy atom. The molecule has 63 heavy (non-hydrogen) atoms. The third kappa shape index (κ3) is 35.1. The molecule has 0 aliphatic carbocycles. The summed E-state index contributed by atoms with van der Waals surface area (Å²) in [4.78, 5) is 25.5. The highest BCUT2D eigenvalue weighted by Crippen LogP contribution is 2.23. The van der Waals surface area contributed by atoms with Crippen molar-refractivity contribution in [2.45, 2.75) is 282 Å². The monoisotopic (exact) mass is 895 g/mol. The van der Waals surface area contributed by atoms with Crippen molar-refractivity contribution in [2.24, 2.45) is 0 Å². The van der Waals surface area contributed by atoms with Gasteiger partial charge in [-0.1, -0.05) is 212 Å². The van der Waals surface area contributed by atoms with Gasteiger partial charge in [-0.15, -0.1) is 0 Å². The molecule has 0 amide bonds. The number of esters is 2. The average molecular weight is 895 g/mol. The minimum atomic E-state index is -1.59. The number of ether oxygens (including phenoxy) is 4. The van der Waals surface area contributed by atoms with Crippen molar-refractivity contribution >= 4 is 11.9 Å². The topological polar surface area (TPSA) is 152 Å². The van der Waals surface area contributed by atoms with Crippen LogP contribution >= 0.6 is 0 Å². The van der Waals surface area contributed by atoms with E-state index in [0.29, 0.717) is 6.42 Å². The van der Waals surface area contributed by atoms with Crippen LogP contribution in [0.3, 0.4) is 0 Å². The van der Waals surface area contributed by atoms with Gasteiger partial charge in [-0.3, -0.25) is 9.59 Å². The summed E-state index contributed by atoms with van der Waals surface area (Å²) in [6.07, 6.45) is 43.3. The molecule has 0 saturated carbocycles. The number of rotatable bonds is 45. The first kappa shape index (κ1) is 59.2. The maximum Gasteiger partial charge on any atom is 0.306 e. The molecular formula is C53H98O10. The Balaban J connectivity index is 2.24. The quantitative estimate of drug-likeness (QED) is 0.0264. The lowest BCUT2D eigenvalue weighted by Gasteiger charge is -2.39. The van der Waals surface area contributed by atoms with Gasteiger partial charge in [-0.05, 0) is 44.9 Å². The van der Waals surface area contributed by atoms with Crippen LogP contribution in [0.25, 0.3) is 0 Å². The minimum Gasteiger partial charge on any atom is -0.462 e. The number of aliphatic hydroxyl groups excluding tert-OH is 4. The zero-order chi connectivity index (χ0) is 45.9. The molecule has 6 atom stereocenters. The second-order valence-electron chi connectivity index (χ2n) is 18.3. The van der Waals surface area contributed by atoms with E-state index in [1.807, 2.05) is 0 Å². The molecule has 0 spiro atoms. The molecule has 1 aliphatic rings. The fourth-order valence-corrected chi connectivity index (χ4v) is 8.16. The standard InChI is InChI=1S/C53H98O10/c1-3-5-7-9-11-13-15-17-19-21-22-23-24-26-28-30-32-34-36-38-40-42-49(56)62-46(45-61-53-52(59)51(58)50(57)47(43-54)63-53)44-60-48(55)41-39-37-35-33-31-29-27-25-20-18-16-14-12-10-8-6-4-2/h12,14,18,20,46-47,50-54,57-59H,3-11,13,15-17,19,21-45H2,1-2H3/b14-12+,20-18+/t46-,47-,50+,51?,52?,53-/m1/s1. The molecule has 1 saturated heterocycles. The number of carbonyl (C=O) groups excluding carboxylic acids is 2. The molecule has 1 rings (SSSR count). The van der Waals surface area contributed by atoms with Crippen molar-refractivity contribution in [1.29, 1.82) is 0 Å². The number of hydrogen-bond donors (Lipinski definition) is 4. The van der Waals surface area contributed by atoms with E-state index in [1.165, 1.54) is 154 Å². The van der Waals surface area contributed by atoms with E-state index in [0.717, 1.165) is 57.8 Å². The fraction of sp³-hybridized carbons (Fsp3) is 0.887. The van der Waals surface area contributed by atoms with Gasteiger partial charge in [0.25, 0.3) is 0 Å². The highest BCUT2D eigenvalue weighted by atomic mass is 16.7. The lowest BCUT2D eigenvalue weighted by atomic mass is 9.99. The summed E-state index contributed by atoms with van der Waals surface area (Å²) in [5, 5.41) is 40.2. The van der Waals surface area contributed by atoms with E-state index in [1.54, 1.807) is 0 Å². The Morgan fingerprint density at radius 1 is 0.492 bits per heavy atom. The van der Waals surface area contributed by atoms with Gasteiger partial charge in [-0.25, -0.2) is 0 Å². The summed E-state index contributed by atoms with van der Waals surface area (Å²) in [5.41, 5.74) is 0. The van der Waals surface area contributed by atoms with Crippen LogP contribution in [-0.4, -0.2) is 89.0 Å². The lowest BCUT2D eigenvalue weighted by Crippen LogP contribution is -2.59. The Bertz CT molecular complexity index is 1080. The summed E-state index contributed by atoms with van der Waals surface area (Å²) >= 11 is 0. The predicted molar refractivity (Wildman–Crippen MR) is 256 cm³/mol. The molecule has 1 fully saturated rings. The molecule has 0 aromatic rings. The SMILES string of the molecule is CCCCC/C=C/C/C=C/CCCCCCCCCC(=O)OC[C@H](CO[C@@H]1O[C@H](CO)[C@H](O)C(O)C1O)OC(=O)CCCCCCCCCCCCCCCCCCCCCCC. The van der Waals surface area contributed by atoms with Crippen molar-refractivity contribution in [2.75, 3.05) is 19.8 Å². The van der Waals surface area contributed by atoms with Gasteiger partial charge in [0.1, 0.15) is 31.0 Å². The first-order chi connectivity index (χ1) is 30.8. The molecule has 1 heterocycles. The number of carbonyl (C=O) groups is 2. The number of allylic oxidation sites excluding steroid dienone is 4. The van der Waals surface area contributed by atoms with E-state index < -0.39 is 49.4 Å². The van der Waals surface area contributed by atoms with Gasteiger partial charge >= 0.3 is 11.9 Å². The zero-order valence-electron chi connectivity index (χ0n) is 40.6. The van der Waals surface area contributed by atoms with E-state index in [4.69, 9.17) is 18.9 Å². The highest BCUT2D eigenvalue weighted by Gasteiger charge is 2.44. The Hall–Kier alpha value is -1.82. The van der Waals surface area contributed by atoms with Crippen LogP contribution in [0.1, 0.15) is 245 Å². The molecular weight excluding hydrogens is 797 g/mol. The van der Waals surface area contributed by atoms with Crippen LogP contribution < -0.4 is 0 Å². The molecule has 10 heteroatoms. The highest BCUT2D eigenvalue weighted by molar-refractivity contribution is 5.70. The predicted octanol–water partition coefficient (Wildman–Crippen LogP) is 12.5. The van der Waals surface area contributed by atoms with Crippen LogP contribution in [0, 0.1) is 0 Å². The van der Waals surface area contributed by atoms with E-state index >= 15 is 0 Å². The van der Waals surface area contributed by atoms with Gasteiger partial charge in [0.2, 0.25) is 0 Å². The Kier molecular flexibility index (Phi) is 41.4. The number of hydrogen-bond acceptors (Lipinski definition) is 10. The summed E-state index contributed by atoms with van der Waals surface area (Å²) in [6.45, 7) is 3.43. The first-order valence-corrected chi connectivity index (χ1v) is 26.4. The molecule has 0 radical (unpaired) electrons. The van der Waals surface area contributed by atoms with Crippen LogP contribution in [0.2, 0.25) is 0 Å². The van der Waals surface area contributed by atoms with Gasteiger partial charge in [0.05, 0.1) is 13.2 Å². The smallest absolute Gasteiger partial charge is 0.306 e. The summed E-state index contributed by atoms with van der Waals surface area (Å²) in [6, 6.07) is 0. The van der Waals surface area contributed by atoms with Crippen LogP contribution in [0.4, 0.5) is 0 Å². The van der Waals surface area contributed by atoms with Crippen molar-refractivity contribution in [3.05, 3.63) is 24.3 Å². The second kappa shape index (κ2) is 44.0. The van der Waals surface area contributed by atoms with E-state index in [2.05, 4.69) is 38.2 Å². The third-order valence-corrected chi connectivity index (χ3v) is 12.3. The largest absolute Gasteiger partial charge is 0.462 e. The van der Waals surface area contributed by atoms with Crippen LogP contribution in [-0.2, 0) is 28.5 Å². The Morgan fingerprint density at radius 2 is 0.889 bits per heavy atom. The zero-order valence-corrected chi connectivity index (χ0v) is 40.6. The molecule has 2 unspecified atom stereocenters. The Labute approximate surface area is 385 Å². The minimum absolute atomic E-state index is 0.217. The van der Waals surface area contributed by atoms with Crippen LogP contribution in [0.15, 0.2) is 24.3 Å². The summed E-state index contributed by atoms with van der Waals surface area (Å²) in [7, 11) is 0. The van der Waals surface area contributed by atoms with Crippen molar-refractivity contribution < 1.29 is 49.0 Å². The van der Waals surface area contributed by atoms with Crippen LogP contribution in [0.5, 0.6) is 0 Å². The van der Waals surface area contributed by atoms with E-state index in [-0.39, 0.29) is 32.0 Å². The summed E-state index contributed by atoms with van der Waals surface area (Å²) < 4.78 is 22.3. The van der Waals surface area contributed by atoms with Gasteiger partial charge < -0.3 is 39.4 Å². The lowest BCUT2D eigenvalue weighted by molar-refractivity contribution is -0.305. The fourth-order valence-electron chi connectivity index (χ4n) is 8.16. The van der Waals surface area contributed by atoms with Crippen molar-refractivity contribution in [3.63, 3.8) is 0 Å². The normalized spacial score (nSPS) is 19.6. The second-order valence-corrected chi connectivity index (χ2v) is 18.3. The van der Waals surface area contributed by atoms with Crippen molar-refractivity contribution in [1.82, 2.24) is 0 Å². The number of aliphatic hydroxyl groups is 4. The molecule has 10 nitrogen and oxygen atoms in total. The maximum atomic E-state index is 12.8. The van der Waals surface area contributed by atoms with E-state index in [9.17, 15) is 30.0 Å². The first-order valence-electron chi connectivity index (χ1n) is 26.4. The van der Waals surface area contributed by atoms with Crippen molar-refractivity contribution in [3.8, 4) is 0 Å².